The third kappa shape index (κ3) is 3.02. The van der Waals surface area contributed by atoms with Crippen LogP contribution >= 0.6 is 11.6 Å². The van der Waals surface area contributed by atoms with Crippen LogP contribution in [0, 0.1) is 0 Å². The number of urea groups is 1. The Morgan fingerprint density at radius 1 is 1.20 bits per heavy atom. The summed E-state index contributed by atoms with van der Waals surface area (Å²) in [5.74, 6) is 0.104. The number of benzene rings is 1. The highest BCUT2D eigenvalue weighted by molar-refractivity contribution is 6.30. The molecule has 1 saturated heterocycles. The second-order valence-electron chi connectivity index (χ2n) is 5.28. The van der Waals surface area contributed by atoms with E-state index in [-0.39, 0.29) is 5.70 Å². The molecular formula is C16H11ClN6O2. The van der Waals surface area contributed by atoms with E-state index in [9.17, 15) is 9.59 Å². The van der Waals surface area contributed by atoms with Crippen molar-refractivity contribution in [1.82, 2.24) is 25.2 Å². The first-order chi connectivity index (χ1) is 12.1. The van der Waals surface area contributed by atoms with Gasteiger partial charge in [0.05, 0.1) is 6.20 Å². The third-order valence-corrected chi connectivity index (χ3v) is 3.75. The normalized spacial score (nSPS) is 15.5. The summed E-state index contributed by atoms with van der Waals surface area (Å²) in [5.41, 5.74) is 2.08. The Hall–Kier alpha value is -3.39. The minimum absolute atomic E-state index is 0.148. The Kier molecular flexibility index (Phi) is 3.58. The molecule has 1 aliphatic heterocycles. The van der Waals surface area contributed by atoms with Crippen molar-refractivity contribution >= 4 is 46.8 Å². The summed E-state index contributed by atoms with van der Waals surface area (Å²) in [5, 5.41) is 12.5. The molecule has 3 aromatic rings. The van der Waals surface area contributed by atoms with Gasteiger partial charge in [-0.25, -0.2) is 14.3 Å². The summed E-state index contributed by atoms with van der Waals surface area (Å²) in [4.78, 5) is 27.4. The summed E-state index contributed by atoms with van der Waals surface area (Å²) in [6.07, 6.45) is 4.83. The smallest absolute Gasteiger partial charge is 0.326 e. The van der Waals surface area contributed by atoms with Gasteiger partial charge in [0.15, 0.2) is 5.65 Å². The van der Waals surface area contributed by atoms with Gasteiger partial charge >= 0.3 is 6.03 Å². The number of anilines is 2. The Labute approximate surface area is 146 Å². The number of nitrogens with zero attached hydrogens (tertiary/aromatic N) is 3. The minimum atomic E-state index is -0.552. The molecule has 1 fully saturated rings. The van der Waals surface area contributed by atoms with Crippen LogP contribution < -0.4 is 16.0 Å². The highest BCUT2D eigenvalue weighted by Crippen LogP contribution is 2.20. The number of hydrogen-bond acceptors (Lipinski definition) is 5. The number of hydrogen-bond donors (Lipinski definition) is 3. The van der Waals surface area contributed by atoms with E-state index in [0.717, 1.165) is 5.69 Å². The van der Waals surface area contributed by atoms with Crippen molar-refractivity contribution in [3.63, 3.8) is 0 Å². The summed E-state index contributed by atoms with van der Waals surface area (Å²) in [6, 6.07) is 8.48. The van der Waals surface area contributed by atoms with Crippen LogP contribution in [-0.2, 0) is 4.79 Å². The topological polar surface area (TPSA) is 100 Å². The van der Waals surface area contributed by atoms with Crippen molar-refractivity contribution in [2.24, 2.45) is 0 Å². The Morgan fingerprint density at radius 2 is 2.08 bits per heavy atom. The molecule has 0 bridgehead atoms. The lowest BCUT2D eigenvalue weighted by atomic mass is 10.2. The molecule has 0 unspecified atom stereocenters. The molecule has 3 N–H and O–H groups in total. The maximum atomic E-state index is 11.7. The average molecular weight is 355 g/mol. The highest BCUT2D eigenvalue weighted by Gasteiger charge is 2.23. The lowest BCUT2D eigenvalue weighted by Gasteiger charge is -2.06. The Morgan fingerprint density at radius 3 is 2.84 bits per heavy atom. The van der Waals surface area contributed by atoms with E-state index in [1.807, 2.05) is 12.1 Å². The van der Waals surface area contributed by atoms with Crippen molar-refractivity contribution in [3.8, 4) is 0 Å². The van der Waals surface area contributed by atoms with E-state index in [4.69, 9.17) is 11.6 Å². The van der Waals surface area contributed by atoms with Crippen LogP contribution in [0.5, 0.6) is 0 Å². The molecule has 3 heterocycles. The van der Waals surface area contributed by atoms with Gasteiger partial charge in [-0.3, -0.25) is 10.1 Å². The van der Waals surface area contributed by atoms with Crippen LogP contribution in [0.4, 0.5) is 16.3 Å². The molecule has 1 aliphatic rings. The van der Waals surface area contributed by atoms with E-state index in [1.165, 1.54) is 6.08 Å². The summed E-state index contributed by atoms with van der Waals surface area (Å²) < 4.78 is 1.57. The molecule has 0 radical (unpaired) electrons. The van der Waals surface area contributed by atoms with Crippen LogP contribution in [0.15, 0.2) is 48.4 Å². The maximum Gasteiger partial charge on any atom is 0.326 e. The zero-order chi connectivity index (χ0) is 17.4. The van der Waals surface area contributed by atoms with E-state index in [2.05, 4.69) is 26.0 Å². The van der Waals surface area contributed by atoms with Gasteiger partial charge in [-0.15, -0.1) is 0 Å². The third-order valence-electron chi connectivity index (χ3n) is 3.51. The quantitative estimate of drug-likeness (QED) is 0.495. The van der Waals surface area contributed by atoms with Crippen LogP contribution in [0.25, 0.3) is 11.7 Å². The molecule has 3 amide bonds. The van der Waals surface area contributed by atoms with Gasteiger partial charge in [0, 0.05) is 22.5 Å². The first-order valence-corrected chi connectivity index (χ1v) is 7.67. The highest BCUT2D eigenvalue weighted by atomic mass is 35.5. The largest absolute Gasteiger partial charge is 0.340 e. The van der Waals surface area contributed by atoms with Crippen LogP contribution in [0.1, 0.15) is 5.56 Å². The number of nitrogens with one attached hydrogen (secondary N) is 3. The molecule has 124 valence electrons. The van der Waals surface area contributed by atoms with Gasteiger partial charge in [-0.1, -0.05) is 17.7 Å². The summed E-state index contributed by atoms with van der Waals surface area (Å²) in [7, 11) is 0. The predicted molar refractivity (Wildman–Crippen MR) is 92.4 cm³/mol. The first-order valence-electron chi connectivity index (χ1n) is 7.29. The molecule has 4 rings (SSSR count). The van der Waals surface area contributed by atoms with Gasteiger partial charge in [-0.2, -0.15) is 5.10 Å². The lowest BCUT2D eigenvalue weighted by molar-refractivity contribution is -0.115. The van der Waals surface area contributed by atoms with Gasteiger partial charge in [0.25, 0.3) is 5.91 Å². The fourth-order valence-electron chi connectivity index (χ4n) is 2.41. The fraction of sp³-hybridized carbons (Fsp3) is 0. The van der Waals surface area contributed by atoms with E-state index in [0.29, 0.717) is 22.1 Å². The minimum Gasteiger partial charge on any atom is -0.340 e. The Balaban J connectivity index is 1.69. The number of amides is 3. The van der Waals surface area contributed by atoms with Crippen molar-refractivity contribution in [2.75, 3.05) is 5.32 Å². The molecule has 8 nitrogen and oxygen atoms in total. The molecule has 0 saturated carbocycles. The number of carbonyl (C=O) groups is 2. The summed E-state index contributed by atoms with van der Waals surface area (Å²) in [6.45, 7) is 0. The number of fused-ring (bicyclic) bond motifs is 1. The molecule has 0 aliphatic carbocycles. The zero-order valence-electron chi connectivity index (χ0n) is 12.7. The van der Waals surface area contributed by atoms with Gasteiger partial charge < -0.3 is 10.6 Å². The molecule has 25 heavy (non-hydrogen) atoms. The number of rotatable bonds is 3. The molecule has 1 aromatic carbocycles. The molecule has 2 aromatic heterocycles. The van der Waals surface area contributed by atoms with E-state index < -0.39 is 11.9 Å². The second-order valence-corrected chi connectivity index (χ2v) is 5.72. The number of imide groups is 1. The van der Waals surface area contributed by atoms with Crippen molar-refractivity contribution in [1.29, 1.82) is 0 Å². The van der Waals surface area contributed by atoms with Crippen molar-refractivity contribution in [3.05, 3.63) is 59.0 Å². The standard InChI is InChI=1S/C16H11ClN6O2/c17-10-2-1-3-11(7-10)19-13-4-5-23-14(21-13)9(8-18-23)6-12-15(24)22-16(25)20-12/h1-8H,(H,19,21)(H2,20,22,24,25)/b12-6-. The SMILES string of the molecule is O=C1NC(=O)/C(=C/c2cnn3ccc(Nc4cccc(Cl)c4)nc23)N1. The Bertz CT molecular complexity index is 1040. The van der Waals surface area contributed by atoms with Gasteiger partial charge in [0.1, 0.15) is 11.5 Å². The van der Waals surface area contributed by atoms with Gasteiger partial charge in [-0.05, 0) is 30.3 Å². The molecule has 0 spiro atoms. The lowest BCUT2D eigenvalue weighted by Crippen LogP contribution is -2.22. The monoisotopic (exact) mass is 354 g/mol. The summed E-state index contributed by atoms with van der Waals surface area (Å²) >= 11 is 5.98. The van der Waals surface area contributed by atoms with Crippen LogP contribution in [0.2, 0.25) is 5.02 Å². The van der Waals surface area contributed by atoms with Crippen LogP contribution in [0.3, 0.4) is 0 Å². The molecular weight excluding hydrogens is 344 g/mol. The van der Waals surface area contributed by atoms with E-state index in [1.54, 1.807) is 35.1 Å². The predicted octanol–water partition coefficient (Wildman–Crippen LogP) is 2.31. The molecule has 9 heteroatoms. The molecule has 0 atom stereocenters. The van der Waals surface area contributed by atoms with Crippen molar-refractivity contribution < 1.29 is 9.59 Å². The van der Waals surface area contributed by atoms with Gasteiger partial charge in [0.2, 0.25) is 0 Å². The number of carbonyl (C=O) groups excluding carboxylic acids is 2. The van der Waals surface area contributed by atoms with Crippen LogP contribution in [-0.4, -0.2) is 26.5 Å². The first kappa shape index (κ1) is 15.2. The number of halogens is 1. The number of aromatic nitrogens is 3. The maximum absolute atomic E-state index is 11.7. The van der Waals surface area contributed by atoms with Crippen molar-refractivity contribution in [2.45, 2.75) is 0 Å². The fourth-order valence-corrected chi connectivity index (χ4v) is 2.60. The second kappa shape index (κ2) is 5.91. The zero-order valence-corrected chi connectivity index (χ0v) is 13.4. The average Bonchev–Trinajstić information content (AvgIpc) is 3.11. The van der Waals surface area contributed by atoms with E-state index >= 15 is 0 Å².